The maximum absolute atomic E-state index is 3.75. The van der Waals surface area contributed by atoms with Gasteiger partial charge in [-0.15, -0.1) is 0 Å². The Kier molecular flexibility index (Phi) is 3.16. The molecule has 2 saturated heterocycles. The summed E-state index contributed by atoms with van der Waals surface area (Å²) in [4.78, 5) is 2.42. The predicted octanol–water partition coefficient (Wildman–Crippen LogP) is -0.0249. The fraction of sp³-hybridized carbons (Fsp3) is 1.00. The van der Waals surface area contributed by atoms with Gasteiger partial charge in [-0.1, -0.05) is 0 Å². The number of nitrogens with one attached hydrogen (secondary N) is 1. The second-order valence-electron chi connectivity index (χ2n) is 5.60. The highest BCUT2D eigenvalue weighted by Crippen LogP contribution is 2.22. The summed E-state index contributed by atoms with van der Waals surface area (Å²) in [5.74, 6) is 0. The molecule has 0 aromatic rings. The second-order valence-corrected chi connectivity index (χ2v) is 5.60. The molecule has 3 fully saturated rings. The minimum absolute atomic E-state index is 0.757. The Hall–Kier alpha value is -0.160. The molecule has 1 unspecified atom stereocenters. The molecule has 1 saturated carbocycles. The van der Waals surface area contributed by atoms with Crippen molar-refractivity contribution in [2.75, 3.05) is 46.3 Å². The van der Waals surface area contributed by atoms with Crippen LogP contribution < -0.4 is 5.32 Å². The van der Waals surface area contributed by atoms with Gasteiger partial charge in [-0.05, 0) is 26.3 Å². The van der Waals surface area contributed by atoms with Gasteiger partial charge in [0.1, 0.15) is 0 Å². The quantitative estimate of drug-likeness (QED) is 0.727. The molecule has 4 heteroatoms. The van der Waals surface area contributed by atoms with Gasteiger partial charge >= 0.3 is 0 Å². The monoisotopic (exact) mass is 224 g/mol. The van der Waals surface area contributed by atoms with Gasteiger partial charge in [-0.3, -0.25) is 0 Å². The lowest BCUT2D eigenvalue weighted by Crippen LogP contribution is -2.52. The Labute approximate surface area is 98.5 Å². The third kappa shape index (κ3) is 2.56. The van der Waals surface area contributed by atoms with E-state index < -0.39 is 0 Å². The highest BCUT2D eigenvalue weighted by molar-refractivity contribution is 4.89. The van der Waals surface area contributed by atoms with Crippen LogP contribution in [0.15, 0.2) is 0 Å². The van der Waals surface area contributed by atoms with Crippen molar-refractivity contribution in [1.29, 1.82) is 0 Å². The first-order valence-electron chi connectivity index (χ1n) is 6.75. The Bertz CT molecular complexity index is 233. The molecule has 1 N–H and O–H groups in total. The first-order chi connectivity index (χ1) is 7.81. The van der Waals surface area contributed by atoms with Crippen LogP contribution in [0.1, 0.15) is 19.3 Å². The minimum atomic E-state index is 0.757. The molecule has 0 aromatic carbocycles. The first kappa shape index (κ1) is 11.0. The number of piperazine rings is 1. The maximum atomic E-state index is 3.75. The van der Waals surface area contributed by atoms with Gasteiger partial charge in [0.05, 0.1) is 0 Å². The fourth-order valence-electron chi connectivity index (χ4n) is 2.80. The first-order valence-corrected chi connectivity index (χ1v) is 6.75. The molecular weight excluding hydrogens is 200 g/mol. The van der Waals surface area contributed by atoms with Gasteiger partial charge in [0.15, 0.2) is 0 Å². The largest absolute Gasteiger partial charge is 0.310 e. The van der Waals surface area contributed by atoms with E-state index >= 15 is 0 Å². The van der Waals surface area contributed by atoms with E-state index in [1.54, 1.807) is 0 Å². The summed E-state index contributed by atoms with van der Waals surface area (Å²) in [6.07, 6.45) is 4.15. The molecule has 92 valence electrons. The van der Waals surface area contributed by atoms with Crippen LogP contribution in [-0.2, 0) is 0 Å². The summed E-state index contributed by atoms with van der Waals surface area (Å²) in [5, 5.41) is 8.89. The van der Waals surface area contributed by atoms with Crippen LogP contribution in [0.4, 0.5) is 0 Å². The number of likely N-dealkylation sites (N-methyl/N-ethyl adjacent to an activating group) is 1. The van der Waals surface area contributed by atoms with Gasteiger partial charge in [-0.2, -0.15) is 0 Å². The van der Waals surface area contributed by atoms with Crippen LogP contribution in [0.5, 0.6) is 0 Å². The number of hydrogen-bond acceptors (Lipinski definition) is 4. The molecule has 0 aromatic heterocycles. The van der Waals surface area contributed by atoms with Crippen molar-refractivity contribution in [2.45, 2.75) is 31.3 Å². The van der Waals surface area contributed by atoms with E-state index in [-0.39, 0.29) is 0 Å². The normalized spacial score (nSPS) is 34.7. The lowest BCUT2D eigenvalue weighted by atomic mass is 10.2. The van der Waals surface area contributed by atoms with Crippen LogP contribution in [0.3, 0.4) is 0 Å². The molecule has 2 heterocycles. The second kappa shape index (κ2) is 4.61. The average molecular weight is 224 g/mol. The summed E-state index contributed by atoms with van der Waals surface area (Å²) in [6, 6.07) is 1.62. The third-order valence-electron chi connectivity index (χ3n) is 4.10. The highest BCUT2D eigenvalue weighted by Gasteiger charge is 2.31. The van der Waals surface area contributed by atoms with Crippen molar-refractivity contribution in [2.24, 2.45) is 0 Å². The van der Waals surface area contributed by atoms with Crippen LogP contribution in [0.25, 0.3) is 0 Å². The predicted molar refractivity (Wildman–Crippen MR) is 65.2 cm³/mol. The highest BCUT2D eigenvalue weighted by atomic mass is 15.6. The molecule has 1 aliphatic carbocycles. The number of hydrazine groups is 1. The molecule has 16 heavy (non-hydrogen) atoms. The molecule has 3 rings (SSSR count). The molecule has 4 nitrogen and oxygen atoms in total. The third-order valence-corrected chi connectivity index (χ3v) is 4.10. The van der Waals surface area contributed by atoms with Gasteiger partial charge in [-0.25, -0.2) is 10.0 Å². The lowest BCUT2D eigenvalue weighted by molar-refractivity contribution is -0.0370. The smallest absolute Gasteiger partial charge is 0.0288 e. The van der Waals surface area contributed by atoms with E-state index in [4.69, 9.17) is 0 Å². The molecule has 1 atom stereocenters. The molecule has 2 aliphatic heterocycles. The Morgan fingerprint density at radius 3 is 2.25 bits per heavy atom. The topological polar surface area (TPSA) is 21.8 Å². The summed E-state index contributed by atoms with van der Waals surface area (Å²) >= 11 is 0. The molecular formula is C12H24N4. The van der Waals surface area contributed by atoms with Crippen molar-refractivity contribution in [3.8, 4) is 0 Å². The van der Waals surface area contributed by atoms with E-state index in [0.717, 1.165) is 12.1 Å². The van der Waals surface area contributed by atoms with E-state index in [1.165, 1.54) is 58.5 Å². The Balaban J connectivity index is 1.45. The zero-order valence-electron chi connectivity index (χ0n) is 10.4. The van der Waals surface area contributed by atoms with Gasteiger partial charge in [0.2, 0.25) is 0 Å². The summed E-state index contributed by atoms with van der Waals surface area (Å²) in [5.41, 5.74) is 0. The number of nitrogens with zero attached hydrogens (tertiary/aromatic N) is 3. The zero-order chi connectivity index (χ0) is 11.0. The summed E-state index contributed by atoms with van der Waals surface area (Å²) in [6.45, 7) is 7.36. The van der Waals surface area contributed by atoms with Crippen LogP contribution in [0.2, 0.25) is 0 Å². The van der Waals surface area contributed by atoms with E-state index in [1.807, 2.05) is 0 Å². The average Bonchev–Trinajstić information content (AvgIpc) is 2.97. The Morgan fingerprint density at radius 1 is 0.812 bits per heavy atom. The van der Waals surface area contributed by atoms with Crippen molar-refractivity contribution in [3.05, 3.63) is 0 Å². The maximum Gasteiger partial charge on any atom is 0.0288 e. The lowest BCUT2D eigenvalue weighted by Gasteiger charge is -2.38. The molecule has 0 bridgehead atoms. The van der Waals surface area contributed by atoms with Crippen LogP contribution in [-0.4, -0.2) is 73.3 Å². The van der Waals surface area contributed by atoms with E-state index in [9.17, 15) is 0 Å². The summed E-state index contributed by atoms with van der Waals surface area (Å²) in [7, 11) is 2.22. The van der Waals surface area contributed by atoms with Gasteiger partial charge in [0, 0.05) is 51.4 Å². The molecule has 0 amide bonds. The van der Waals surface area contributed by atoms with E-state index in [2.05, 4.69) is 27.3 Å². The zero-order valence-corrected chi connectivity index (χ0v) is 10.4. The molecule has 0 spiro atoms. The minimum Gasteiger partial charge on any atom is -0.310 e. The van der Waals surface area contributed by atoms with Gasteiger partial charge in [0.25, 0.3) is 0 Å². The summed E-state index contributed by atoms with van der Waals surface area (Å²) < 4.78 is 0. The van der Waals surface area contributed by atoms with Crippen molar-refractivity contribution in [3.63, 3.8) is 0 Å². The SMILES string of the molecule is CN1CCN(N2CCC(NC3CC3)C2)CC1. The standard InChI is InChI=1S/C12H24N4/c1-14-6-8-15(9-7-14)16-5-4-12(10-16)13-11-2-3-11/h11-13H,2-10H2,1H3. The van der Waals surface area contributed by atoms with Crippen molar-refractivity contribution < 1.29 is 0 Å². The number of rotatable bonds is 3. The number of hydrogen-bond donors (Lipinski definition) is 1. The molecule has 3 aliphatic rings. The fourth-order valence-corrected chi connectivity index (χ4v) is 2.80. The van der Waals surface area contributed by atoms with Gasteiger partial charge < -0.3 is 10.2 Å². The van der Waals surface area contributed by atoms with Crippen molar-refractivity contribution in [1.82, 2.24) is 20.2 Å². The van der Waals surface area contributed by atoms with Crippen LogP contribution >= 0.6 is 0 Å². The van der Waals surface area contributed by atoms with Crippen LogP contribution in [0, 0.1) is 0 Å². The molecule has 0 radical (unpaired) electrons. The Morgan fingerprint density at radius 2 is 1.56 bits per heavy atom. The van der Waals surface area contributed by atoms with Crippen molar-refractivity contribution >= 4 is 0 Å². The van der Waals surface area contributed by atoms with E-state index in [0.29, 0.717) is 0 Å².